The van der Waals surface area contributed by atoms with Crippen LogP contribution in [0.2, 0.25) is 5.02 Å². The number of halogens is 1. The van der Waals surface area contributed by atoms with E-state index in [9.17, 15) is 4.79 Å². The molecular formula is C23H23ClN4O2S. The van der Waals surface area contributed by atoms with Gasteiger partial charge in [-0.1, -0.05) is 11.6 Å². The van der Waals surface area contributed by atoms with Gasteiger partial charge in [-0.25, -0.2) is 0 Å². The van der Waals surface area contributed by atoms with Crippen LogP contribution in [-0.2, 0) is 4.74 Å². The van der Waals surface area contributed by atoms with E-state index in [4.69, 9.17) is 16.3 Å². The van der Waals surface area contributed by atoms with Crippen molar-refractivity contribution in [3.05, 3.63) is 52.1 Å². The van der Waals surface area contributed by atoms with Crippen molar-refractivity contribution >= 4 is 61.3 Å². The van der Waals surface area contributed by atoms with Gasteiger partial charge in [-0.15, -0.1) is 11.3 Å². The van der Waals surface area contributed by atoms with Gasteiger partial charge in [0.25, 0.3) is 5.91 Å². The molecule has 1 amide bonds. The zero-order valence-electron chi connectivity index (χ0n) is 17.4. The molecule has 1 atom stereocenters. The van der Waals surface area contributed by atoms with Crippen molar-refractivity contribution in [1.82, 2.24) is 14.9 Å². The highest BCUT2D eigenvalue weighted by Gasteiger charge is 2.30. The second-order valence-electron chi connectivity index (χ2n) is 7.88. The molecule has 4 aromatic rings. The lowest BCUT2D eigenvalue weighted by Gasteiger charge is -2.23. The van der Waals surface area contributed by atoms with Gasteiger partial charge in [0.05, 0.1) is 38.5 Å². The number of benzene rings is 1. The lowest BCUT2D eigenvalue weighted by Crippen LogP contribution is -2.37. The van der Waals surface area contributed by atoms with Crippen molar-refractivity contribution in [3.63, 3.8) is 0 Å². The van der Waals surface area contributed by atoms with Crippen LogP contribution in [0.3, 0.4) is 0 Å². The Hall–Kier alpha value is -2.61. The molecule has 4 heterocycles. The first-order valence-electron chi connectivity index (χ1n) is 10.3. The molecule has 1 saturated heterocycles. The molecule has 8 heteroatoms. The first-order valence-corrected chi connectivity index (χ1v) is 11.5. The molecule has 160 valence electrons. The summed E-state index contributed by atoms with van der Waals surface area (Å²) < 4.78 is 6.27. The van der Waals surface area contributed by atoms with E-state index < -0.39 is 0 Å². The standard InChI is InChI=1S/C23H23ClN4O2S/c1-13-21(24)16-10-14(5-6-17(16)26-13)27-18-7-8-25-19-11-20(31-22(18)19)23(29)28-9-3-4-15(28)12-30-2/h5-8,10-11,15,26H,3-4,9,12H2,1-2H3,(H,25,27)/t15-/m1/s1. The number of amides is 1. The summed E-state index contributed by atoms with van der Waals surface area (Å²) in [5, 5.41) is 5.20. The van der Waals surface area contributed by atoms with Crippen molar-refractivity contribution in [2.24, 2.45) is 0 Å². The van der Waals surface area contributed by atoms with Gasteiger partial charge in [-0.3, -0.25) is 9.78 Å². The molecule has 3 aromatic heterocycles. The zero-order valence-corrected chi connectivity index (χ0v) is 18.9. The zero-order chi connectivity index (χ0) is 21.5. The van der Waals surface area contributed by atoms with Crippen molar-refractivity contribution in [2.75, 3.05) is 25.6 Å². The quantitative estimate of drug-likeness (QED) is 0.403. The van der Waals surface area contributed by atoms with Crippen LogP contribution in [0.4, 0.5) is 11.4 Å². The SMILES string of the molecule is COC[C@H]1CCCN1C(=O)c1cc2nccc(Nc3ccc4[nH]c(C)c(Cl)c4c3)c2s1. The first kappa shape index (κ1) is 20.3. The Morgan fingerprint density at radius 1 is 1.39 bits per heavy atom. The highest BCUT2D eigenvalue weighted by atomic mass is 35.5. The summed E-state index contributed by atoms with van der Waals surface area (Å²) in [6.45, 7) is 3.31. The number of hydrogen-bond acceptors (Lipinski definition) is 5. The molecule has 6 nitrogen and oxygen atoms in total. The van der Waals surface area contributed by atoms with Crippen LogP contribution >= 0.6 is 22.9 Å². The minimum absolute atomic E-state index is 0.0597. The number of aromatic amines is 1. The maximum atomic E-state index is 13.2. The number of likely N-dealkylation sites (tertiary alicyclic amines) is 1. The van der Waals surface area contributed by atoms with Crippen LogP contribution in [0.5, 0.6) is 0 Å². The molecule has 0 radical (unpaired) electrons. The number of pyridine rings is 1. The smallest absolute Gasteiger partial charge is 0.264 e. The number of rotatable bonds is 5. The van der Waals surface area contributed by atoms with E-state index in [1.54, 1.807) is 13.3 Å². The molecule has 1 fully saturated rings. The van der Waals surface area contributed by atoms with Crippen LogP contribution in [0.1, 0.15) is 28.2 Å². The van der Waals surface area contributed by atoms with Gasteiger partial charge in [0.1, 0.15) is 0 Å². The van der Waals surface area contributed by atoms with Crippen molar-refractivity contribution in [2.45, 2.75) is 25.8 Å². The van der Waals surface area contributed by atoms with E-state index in [1.165, 1.54) is 11.3 Å². The Labute approximate surface area is 189 Å². The number of hydrogen-bond donors (Lipinski definition) is 2. The number of methoxy groups -OCH3 is 1. The summed E-state index contributed by atoms with van der Waals surface area (Å²) >= 11 is 7.91. The second-order valence-corrected chi connectivity index (χ2v) is 9.31. The number of anilines is 2. The molecule has 1 aliphatic rings. The van der Waals surface area contributed by atoms with Gasteiger partial charge in [0.2, 0.25) is 0 Å². The molecule has 0 bridgehead atoms. The van der Waals surface area contributed by atoms with Gasteiger partial charge >= 0.3 is 0 Å². The van der Waals surface area contributed by atoms with Gasteiger partial charge in [0.15, 0.2) is 0 Å². The Balaban J connectivity index is 1.46. The molecule has 1 aliphatic heterocycles. The number of fused-ring (bicyclic) bond motifs is 2. The number of aryl methyl sites for hydroxylation is 1. The maximum Gasteiger partial charge on any atom is 0.264 e. The van der Waals surface area contributed by atoms with E-state index in [0.717, 1.165) is 62.6 Å². The molecule has 5 rings (SSSR count). The Morgan fingerprint density at radius 3 is 3.10 bits per heavy atom. The molecule has 0 aliphatic carbocycles. The Morgan fingerprint density at radius 2 is 2.26 bits per heavy atom. The number of carbonyl (C=O) groups is 1. The van der Waals surface area contributed by atoms with Gasteiger partial charge in [-0.2, -0.15) is 0 Å². The summed E-state index contributed by atoms with van der Waals surface area (Å²) in [4.78, 5) is 23.6. The van der Waals surface area contributed by atoms with E-state index >= 15 is 0 Å². The minimum atomic E-state index is 0.0597. The number of ether oxygens (including phenoxy) is 1. The van der Waals surface area contributed by atoms with Gasteiger partial charge in [0, 0.05) is 42.1 Å². The summed E-state index contributed by atoms with van der Waals surface area (Å²) in [7, 11) is 1.68. The molecule has 2 N–H and O–H groups in total. The topological polar surface area (TPSA) is 70.2 Å². The average molecular weight is 455 g/mol. The fraction of sp³-hybridized carbons (Fsp3) is 0.304. The number of thiophene rings is 1. The van der Waals surface area contributed by atoms with Crippen LogP contribution in [0.25, 0.3) is 21.1 Å². The lowest BCUT2D eigenvalue weighted by molar-refractivity contribution is 0.0635. The normalized spacial score (nSPS) is 16.5. The van der Waals surface area contributed by atoms with Crippen LogP contribution < -0.4 is 5.32 Å². The fourth-order valence-electron chi connectivity index (χ4n) is 4.28. The lowest BCUT2D eigenvalue weighted by atomic mass is 10.2. The largest absolute Gasteiger partial charge is 0.383 e. The number of H-pyrrole nitrogens is 1. The van der Waals surface area contributed by atoms with Crippen molar-refractivity contribution in [3.8, 4) is 0 Å². The van der Waals surface area contributed by atoms with Crippen LogP contribution in [0, 0.1) is 6.92 Å². The molecule has 0 saturated carbocycles. The average Bonchev–Trinajstić information content (AvgIpc) is 3.47. The van der Waals surface area contributed by atoms with Gasteiger partial charge < -0.3 is 19.9 Å². The third-order valence-electron chi connectivity index (χ3n) is 5.81. The van der Waals surface area contributed by atoms with Crippen LogP contribution in [0.15, 0.2) is 36.5 Å². The van der Waals surface area contributed by atoms with E-state index in [-0.39, 0.29) is 11.9 Å². The number of nitrogens with one attached hydrogen (secondary N) is 2. The summed E-state index contributed by atoms with van der Waals surface area (Å²) in [6, 6.07) is 10.0. The van der Waals surface area contributed by atoms with E-state index in [0.29, 0.717) is 11.5 Å². The number of nitrogens with zero attached hydrogens (tertiary/aromatic N) is 2. The molecule has 0 spiro atoms. The van der Waals surface area contributed by atoms with Crippen molar-refractivity contribution in [1.29, 1.82) is 0 Å². The van der Waals surface area contributed by atoms with Gasteiger partial charge in [-0.05, 0) is 50.1 Å². The third-order valence-corrected chi connectivity index (χ3v) is 7.44. The highest BCUT2D eigenvalue weighted by molar-refractivity contribution is 7.21. The second kappa shape index (κ2) is 8.15. The summed E-state index contributed by atoms with van der Waals surface area (Å²) in [6.07, 6.45) is 3.76. The summed E-state index contributed by atoms with van der Waals surface area (Å²) in [5.41, 5.74) is 4.63. The molecule has 1 aromatic carbocycles. The highest BCUT2D eigenvalue weighted by Crippen LogP contribution is 2.35. The first-order chi connectivity index (χ1) is 15.0. The predicted molar refractivity (Wildman–Crippen MR) is 127 cm³/mol. The minimum Gasteiger partial charge on any atom is -0.383 e. The molecular weight excluding hydrogens is 432 g/mol. The predicted octanol–water partition coefficient (Wildman–Crippen LogP) is 5.73. The Kier molecular flexibility index (Phi) is 5.33. The molecule has 0 unspecified atom stereocenters. The van der Waals surface area contributed by atoms with E-state index in [2.05, 4.69) is 15.3 Å². The summed E-state index contributed by atoms with van der Waals surface area (Å²) in [5.74, 6) is 0.0597. The number of aromatic nitrogens is 2. The fourth-order valence-corrected chi connectivity index (χ4v) is 5.52. The molecule has 31 heavy (non-hydrogen) atoms. The van der Waals surface area contributed by atoms with Crippen molar-refractivity contribution < 1.29 is 9.53 Å². The van der Waals surface area contributed by atoms with E-state index in [1.807, 2.05) is 42.2 Å². The van der Waals surface area contributed by atoms with Crippen LogP contribution in [-0.4, -0.2) is 47.1 Å². The third kappa shape index (κ3) is 3.67. The Bertz CT molecular complexity index is 1280. The monoisotopic (exact) mass is 454 g/mol. The maximum absolute atomic E-state index is 13.2. The number of carbonyl (C=O) groups excluding carboxylic acids is 1.